The van der Waals surface area contributed by atoms with Crippen LogP contribution in [0, 0.1) is 13.8 Å². The zero-order valence-corrected chi connectivity index (χ0v) is 14.4. The van der Waals surface area contributed by atoms with Gasteiger partial charge in [-0.1, -0.05) is 0 Å². The Balaban J connectivity index is 2.42. The number of allylic oxidation sites excluding steroid dienone is 1. The van der Waals surface area contributed by atoms with Crippen LogP contribution in [0.4, 0.5) is 0 Å². The van der Waals surface area contributed by atoms with Gasteiger partial charge in [-0.2, -0.15) is 0 Å². The minimum absolute atomic E-state index is 0.468. The molecule has 0 aliphatic carbocycles. The summed E-state index contributed by atoms with van der Waals surface area (Å²) in [5.41, 5.74) is 3.18. The third-order valence-electron chi connectivity index (χ3n) is 4.00. The molecule has 1 amide bonds. The molecule has 0 radical (unpaired) electrons. The summed E-state index contributed by atoms with van der Waals surface area (Å²) < 4.78 is 11.1. The van der Waals surface area contributed by atoms with Crippen molar-refractivity contribution in [1.82, 2.24) is 5.32 Å². The molecular weight excluding hydrogens is 310 g/mol. The highest BCUT2D eigenvalue weighted by Crippen LogP contribution is 2.34. The van der Waals surface area contributed by atoms with Crippen LogP contribution in [-0.4, -0.2) is 30.1 Å². The van der Waals surface area contributed by atoms with Crippen molar-refractivity contribution in [2.45, 2.75) is 33.7 Å². The maximum atomic E-state index is 12.0. The molecule has 0 aliphatic heterocycles. The Morgan fingerprint density at radius 3 is 2.58 bits per heavy atom. The summed E-state index contributed by atoms with van der Waals surface area (Å²) in [5, 5.41) is 12.2. The number of carboxylic acid groups (broad SMARTS) is 1. The van der Waals surface area contributed by atoms with Gasteiger partial charge < -0.3 is 19.6 Å². The number of methoxy groups -OCH3 is 1. The molecule has 1 unspecified atom stereocenters. The van der Waals surface area contributed by atoms with Crippen LogP contribution in [0.2, 0.25) is 0 Å². The van der Waals surface area contributed by atoms with E-state index in [4.69, 9.17) is 14.3 Å². The number of furan rings is 1. The van der Waals surface area contributed by atoms with Crippen molar-refractivity contribution in [3.05, 3.63) is 35.1 Å². The van der Waals surface area contributed by atoms with E-state index in [1.807, 2.05) is 19.9 Å². The molecule has 0 saturated carbocycles. The fourth-order valence-electron chi connectivity index (χ4n) is 2.44. The Hall–Kier alpha value is -2.76. The van der Waals surface area contributed by atoms with Crippen LogP contribution >= 0.6 is 0 Å². The first-order valence-electron chi connectivity index (χ1n) is 7.54. The molecular formula is C18H21NO5. The van der Waals surface area contributed by atoms with E-state index in [-0.39, 0.29) is 0 Å². The first-order valence-corrected chi connectivity index (χ1v) is 7.54. The molecule has 0 saturated heterocycles. The van der Waals surface area contributed by atoms with Crippen molar-refractivity contribution in [2.24, 2.45) is 0 Å². The summed E-state index contributed by atoms with van der Waals surface area (Å²) in [4.78, 5) is 22.8. The van der Waals surface area contributed by atoms with Crippen LogP contribution in [0.1, 0.15) is 30.7 Å². The zero-order chi connectivity index (χ0) is 18.0. The van der Waals surface area contributed by atoms with Gasteiger partial charge in [0.15, 0.2) is 0 Å². The fraction of sp³-hybridized carbons (Fsp3) is 0.333. The molecule has 1 aromatic carbocycles. The smallest absolute Gasteiger partial charge is 0.325 e. The molecule has 128 valence electrons. The highest BCUT2D eigenvalue weighted by Gasteiger charge is 2.16. The van der Waals surface area contributed by atoms with Crippen molar-refractivity contribution in [1.29, 1.82) is 0 Å². The van der Waals surface area contributed by atoms with Gasteiger partial charge in [0.25, 0.3) is 0 Å². The largest absolute Gasteiger partial charge is 0.496 e. The lowest BCUT2D eigenvalue weighted by Gasteiger charge is -2.11. The topological polar surface area (TPSA) is 88.8 Å². The molecule has 24 heavy (non-hydrogen) atoms. The van der Waals surface area contributed by atoms with E-state index < -0.39 is 17.9 Å². The molecule has 6 nitrogen and oxygen atoms in total. The van der Waals surface area contributed by atoms with Crippen molar-refractivity contribution in [3.63, 3.8) is 0 Å². The highest BCUT2D eigenvalue weighted by atomic mass is 16.5. The number of aliphatic carboxylic acids is 1. The lowest BCUT2D eigenvalue weighted by atomic mass is 10.0. The number of hydrogen-bond acceptors (Lipinski definition) is 4. The van der Waals surface area contributed by atoms with E-state index in [1.165, 1.54) is 13.0 Å². The zero-order valence-electron chi connectivity index (χ0n) is 14.4. The molecule has 2 N–H and O–H groups in total. The normalized spacial score (nSPS) is 13.0. The van der Waals surface area contributed by atoms with E-state index in [2.05, 4.69) is 5.32 Å². The van der Waals surface area contributed by atoms with Crippen molar-refractivity contribution in [3.8, 4) is 5.75 Å². The molecule has 1 heterocycles. The second kappa shape index (κ2) is 6.78. The van der Waals surface area contributed by atoms with Gasteiger partial charge in [-0.05, 0) is 44.9 Å². The molecule has 6 heteroatoms. The molecule has 0 fully saturated rings. The maximum Gasteiger partial charge on any atom is 0.325 e. The second-order valence-electron chi connectivity index (χ2n) is 5.73. The maximum absolute atomic E-state index is 12.0. The van der Waals surface area contributed by atoms with Crippen LogP contribution in [0.15, 0.2) is 22.6 Å². The van der Waals surface area contributed by atoms with Gasteiger partial charge in [-0.25, -0.2) is 0 Å². The Labute approximate surface area is 140 Å². The van der Waals surface area contributed by atoms with Crippen LogP contribution in [-0.2, 0) is 9.59 Å². The number of carbonyl (C=O) groups excluding carboxylic acids is 1. The third-order valence-corrected chi connectivity index (χ3v) is 4.00. The lowest BCUT2D eigenvalue weighted by molar-refractivity contribution is -0.140. The number of amides is 1. The van der Waals surface area contributed by atoms with Crippen molar-refractivity contribution >= 4 is 28.4 Å². The van der Waals surface area contributed by atoms with Crippen LogP contribution in [0.25, 0.3) is 16.5 Å². The third kappa shape index (κ3) is 3.42. The van der Waals surface area contributed by atoms with Crippen LogP contribution in [0.5, 0.6) is 5.75 Å². The predicted octanol–water partition coefficient (Wildman–Crippen LogP) is 3.05. The Bertz CT molecular complexity index is 832. The number of fused-ring (bicyclic) bond motifs is 1. The Morgan fingerprint density at radius 2 is 2.00 bits per heavy atom. The summed E-state index contributed by atoms with van der Waals surface area (Å²) in [6, 6.07) is 2.75. The standard InChI is InChI=1S/C18H21NO5/c1-9(6-17(20)19-11(3)18(21)22)13-7-14-10(2)12(4)24-16(14)8-15(13)23-5/h6-8,11H,1-5H3,(H,19,20)(H,21,22)/b9-6+. The van der Waals surface area contributed by atoms with E-state index in [0.29, 0.717) is 11.3 Å². The van der Waals surface area contributed by atoms with Gasteiger partial charge in [0, 0.05) is 23.1 Å². The van der Waals surface area contributed by atoms with E-state index in [9.17, 15) is 9.59 Å². The second-order valence-corrected chi connectivity index (χ2v) is 5.73. The number of carboxylic acids is 1. The molecule has 0 spiro atoms. The molecule has 2 aromatic rings. The summed E-state index contributed by atoms with van der Waals surface area (Å²) in [7, 11) is 1.55. The summed E-state index contributed by atoms with van der Waals surface area (Å²) in [5.74, 6) is -0.134. The highest BCUT2D eigenvalue weighted by molar-refractivity contribution is 5.98. The quantitative estimate of drug-likeness (QED) is 0.822. The number of hydrogen-bond donors (Lipinski definition) is 2. The van der Waals surface area contributed by atoms with Gasteiger partial charge in [0.05, 0.1) is 7.11 Å². The minimum atomic E-state index is -1.09. The molecule has 2 rings (SSSR count). The van der Waals surface area contributed by atoms with E-state index in [0.717, 1.165) is 27.9 Å². The van der Waals surface area contributed by atoms with Gasteiger partial charge in [-0.3, -0.25) is 9.59 Å². The first kappa shape index (κ1) is 17.6. The van der Waals surface area contributed by atoms with Crippen LogP contribution in [0.3, 0.4) is 0 Å². The average Bonchev–Trinajstić information content (AvgIpc) is 2.79. The SMILES string of the molecule is COc1cc2oc(C)c(C)c2cc1/C(C)=C/C(=O)NC(C)C(=O)O. The van der Waals surface area contributed by atoms with Gasteiger partial charge in [0.1, 0.15) is 23.1 Å². The predicted molar refractivity (Wildman–Crippen MR) is 91.1 cm³/mol. The Morgan fingerprint density at radius 1 is 1.33 bits per heavy atom. The van der Waals surface area contributed by atoms with Gasteiger partial charge in [0.2, 0.25) is 5.91 Å². The van der Waals surface area contributed by atoms with Crippen molar-refractivity contribution in [2.75, 3.05) is 7.11 Å². The number of benzene rings is 1. The van der Waals surface area contributed by atoms with E-state index >= 15 is 0 Å². The number of carbonyl (C=O) groups is 2. The molecule has 1 atom stereocenters. The number of ether oxygens (including phenoxy) is 1. The Kier molecular flexibility index (Phi) is 4.97. The number of aryl methyl sites for hydroxylation is 2. The molecule has 0 bridgehead atoms. The van der Waals surface area contributed by atoms with Crippen LogP contribution < -0.4 is 10.1 Å². The average molecular weight is 331 g/mol. The fourth-order valence-corrected chi connectivity index (χ4v) is 2.44. The van der Waals surface area contributed by atoms with Gasteiger partial charge in [-0.15, -0.1) is 0 Å². The summed E-state index contributed by atoms with van der Waals surface area (Å²) >= 11 is 0. The van der Waals surface area contributed by atoms with Gasteiger partial charge >= 0.3 is 5.97 Å². The lowest BCUT2D eigenvalue weighted by Crippen LogP contribution is -2.37. The summed E-state index contributed by atoms with van der Waals surface area (Å²) in [6.45, 7) is 7.05. The number of nitrogens with one attached hydrogen (secondary N) is 1. The van der Waals surface area contributed by atoms with Crippen molar-refractivity contribution < 1.29 is 23.8 Å². The number of rotatable bonds is 5. The molecule has 0 aliphatic rings. The first-order chi connectivity index (χ1) is 11.2. The minimum Gasteiger partial charge on any atom is -0.496 e. The summed E-state index contributed by atoms with van der Waals surface area (Å²) in [6.07, 6.45) is 1.37. The monoisotopic (exact) mass is 331 g/mol. The molecule has 1 aromatic heterocycles. The van der Waals surface area contributed by atoms with E-state index in [1.54, 1.807) is 20.1 Å².